The monoisotopic (exact) mass is 336 g/mol. The molecule has 2 rings (SSSR count). The maximum atomic E-state index is 14.1. The third kappa shape index (κ3) is 3.17. The van der Waals surface area contributed by atoms with E-state index in [1.54, 1.807) is 12.1 Å². The highest BCUT2D eigenvalue weighted by atomic mass is 79.9. The maximum absolute atomic E-state index is 14.1. The molecule has 2 aromatic carbocycles. The zero-order valence-electron chi connectivity index (χ0n) is 10.9. The Bertz CT molecular complexity index is 658. The van der Waals surface area contributed by atoms with Crippen LogP contribution in [0, 0.1) is 18.2 Å². The van der Waals surface area contributed by atoms with Crippen LogP contribution in [0.25, 0.3) is 0 Å². The number of amidine groups is 1. The molecule has 2 aromatic rings. The number of halogens is 2. The molecule has 0 aliphatic heterocycles. The third-order valence-electron chi connectivity index (χ3n) is 2.84. The van der Waals surface area contributed by atoms with Crippen molar-refractivity contribution < 1.29 is 9.13 Å². The molecule has 0 heterocycles. The van der Waals surface area contributed by atoms with E-state index in [4.69, 9.17) is 15.9 Å². The van der Waals surface area contributed by atoms with Crippen LogP contribution in [0.4, 0.5) is 4.39 Å². The fraction of sp³-hybridized carbons (Fsp3) is 0.133. The van der Waals surface area contributed by atoms with Gasteiger partial charge in [0.1, 0.15) is 24.0 Å². The second-order valence-corrected chi connectivity index (χ2v) is 5.27. The molecule has 0 spiro atoms. The molecule has 0 fully saturated rings. The van der Waals surface area contributed by atoms with Gasteiger partial charge in [-0.2, -0.15) is 0 Å². The minimum Gasteiger partial charge on any atom is -0.488 e. The van der Waals surface area contributed by atoms with Gasteiger partial charge in [-0.05, 0) is 46.6 Å². The average molecular weight is 337 g/mol. The van der Waals surface area contributed by atoms with Gasteiger partial charge in [-0.3, -0.25) is 5.41 Å². The predicted octanol–water partition coefficient (Wildman–Crippen LogP) is 3.76. The number of nitrogens with two attached hydrogens (primary N) is 1. The van der Waals surface area contributed by atoms with E-state index in [1.165, 1.54) is 6.07 Å². The van der Waals surface area contributed by atoms with Crippen LogP contribution in [0.2, 0.25) is 0 Å². The van der Waals surface area contributed by atoms with Gasteiger partial charge in [-0.1, -0.05) is 18.2 Å². The van der Waals surface area contributed by atoms with Gasteiger partial charge < -0.3 is 10.5 Å². The number of hydrogen-bond donors (Lipinski definition) is 2. The van der Waals surface area contributed by atoms with Crippen LogP contribution in [0.3, 0.4) is 0 Å². The van der Waals surface area contributed by atoms with Crippen molar-refractivity contribution in [1.29, 1.82) is 5.41 Å². The highest BCUT2D eigenvalue weighted by Crippen LogP contribution is 2.27. The lowest BCUT2D eigenvalue weighted by molar-refractivity contribution is 0.298. The molecule has 0 aliphatic rings. The van der Waals surface area contributed by atoms with Crippen LogP contribution >= 0.6 is 15.9 Å². The van der Waals surface area contributed by atoms with Gasteiger partial charge in [0.2, 0.25) is 0 Å². The fourth-order valence-electron chi connectivity index (χ4n) is 1.78. The van der Waals surface area contributed by atoms with E-state index in [0.717, 1.165) is 10.0 Å². The molecule has 20 heavy (non-hydrogen) atoms. The van der Waals surface area contributed by atoms with Gasteiger partial charge >= 0.3 is 0 Å². The molecular weight excluding hydrogens is 323 g/mol. The van der Waals surface area contributed by atoms with Crippen molar-refractivity contribution >= 4 is 21.8 Å². The van der Waals surface area contributed by atoms with Gasteiger partial charge in [-0.15, -0.1) is 0 Å². The molecule has 0 bridgehead atoms. The highest BCUT2D eigenvalue weighted by molar-refractivity contribution is 9.10. The van der Waals surface area contributed by atoms with E-state index in [1.807, 2.05) is 25.1 Å². The Kier molecular flexibility index (Phi) is 4.39. The van der Waals surface area contributed by atoms with Crippen LogP contribution in [-0.2, 0) is 6.61 Å². The first kappa shape index (κ1) is 14.5. The third-order valence-corrected chi connectivity index (χ3v) is 3.46. The number of nitrogen functional groups attached to an aromatic ring is 1. The Morgan fingerprint density at radius 2 is 2.10 bits per heavy atom. The Labute approximate surface area is 125 Å². The summed E-state index contributed by atoms with van der Waals surface area (Å²) in [5.41, 5.74) is 6.89. The Morgan fingerprint density at radius 3 is 2.75 bits per heavy atom. The maximum Gasteiger partial charge on any atom is 0.140 e. The minimum absolute atomic E-state index is 0.0780. The summed E-state index contributed by atoms with van der Waals surface area (Å²) in [5, 5.41) is 7.32. The van der Waals surface area contributed by atoms with Crippen LogP contribution < -0.4 is 10.5 Å². The largest absolute Gasteiger partial charge is 0.488 e. The summed E-state index contributed by atoms with van der Waals surface area (Å²) in [6, 6.07) is 10.4. The molecule has 0 amide bonds. The quantitative estimate of drug-likeness (QED) is 0.659. The first-order chi connectivity index (χ1) is 9.49. The number of hydrogen-bond acceptors (Lipinski definition) is 2. The topological polar surface area (TPSA) is 59.1 Å². The van der Waals surface area contributed by atoms with E-state index in [2.05, 4.69) is 15.9 Å². The van der Waals surface area contributed by atoms with Crippen molar-refractivity contribution in [3.63, 3.8) is 0 Å². The van der Waals surface area contributed by atoms with Crippen molar-refractivity contribution in [3.05, 3.63) is 63.4 Å². The van der Waals surface area contributed by atoms with Crippen molar-refractivity contribution in [2.24, 2.45) is 5.73 Å². The van der Waals surface area contributed by atoms with Crippen LogP contribution in [0.5, 0.6) is 5.75 Å². The summed E-state index contributed by atoms with van der Waals surface area (Å²) in [4.78, 5) is 0. The van der Waals surface area contributed by atoms with E-state index in [-0.39, 0.29) is 18.0 Å². The summed E-state index contributed by atoms with van der Waals surface area (Å²) < 4.78 is 20.5. The van der Waals surface area contributed by atoms with Crippen molar-refractivity contribution in [2.75, 3.05) is 0 Å². The normalized spacial score (nSPS) is 10.3. The molecule has 3 N–H and O–H groups in total. The molecule has 0 aromatic heterocycles. The zero-order valence-corrected chi connectivity index (χ0v) is 12.5. The number of benzene rings is 2. The van der Waals surface area contributed by atoms with Crippen LogP contribution in [-0.4, -0.2) is 5.84 Å². The molecule has 0 saturated heterocycles. The average Bonchev–Trinajstić information content (AvgIpc) is 2.39. The summed E-state index contributed by atoms with van der Waals surface area (Å²) in [7, 11) is 0. The van der Waals surface area contributed by atoms with Gasteiger partial charge in [0, 0.05) is 5.56 Å². The molecule has 104 valence electrons. The van der Waals surface area contributed by atoms with E-state index >= 15 is 0 Å². The highest BCUT2D eigenvalue weighted by Gasteiger charge is 2.11. The smallest absolute Gasteiger partial charge is 0.140 e. The lowest BCUT2D eigenvalue weighted by atomic mass is 10.1. The van der Waals surface area contributed by atoms with E-state index in [0.29, 0.717) is 11.3 Å². The molecule has 3 nitrogen and oxygen atoms in total. The summed E-state index contributed by atoms with van der Waals surface area (Å²) in [6.07, 6.45) is 0. The number of ether oxygens (including phenoxy) is 1. The lowest BCUT2D eigenvalue weighted by Gasteiger charge is -2.11. The molecular formula is C15H14BrFN2O. The van der Waals surface area contributed by atoms with Gasteiger partial charge in [0.15, 0.2) is 0 Å². The number of rotatable bonds is 4. The molecule has 0 aliphatic carbocycles. The standard InChI is InChI=1S/C15H14BrFN2O/c1-9-5-6-13(12(16)7-9)20-8-10-3-2-4-11(14(10)17)15(18)19/h2-7H,8H2,1H3,(H3,18,19). The fourth-order valence-corrected chi connectivity index (χ4v) is 2.39. The SMILES string of the molecule is Cc1ccc(OCc2cccc(C(=N)N)c2F)c(Br)c1. The number of aryl methyl sites for hydroxylation is 1. The minimum atomic E-state index is -0.511. The Morgan fingerprint density at radius 1 is 1.35 bits per heavy atom. The summed E-state index contributed by atoms with van der Waals surface area (Å²) >= 11 is 3.40. The lowest BCUT2D eigenvalue weighted by Crippen LogP contribution is -2.14. The second-order valence-electron chi connectivity index (χ2n) is 4.41. The first-order valence-corrected chi connectivity index (χ1v) is 6.79. The molecule has 5 heteroatoms. The van der Waals surface area contributed by atoms with Crippen molar-refractivity contribution in [2.45, 2.75) is 13.5 Å². The molecule has 0 saturated carbocycles. The van der Waals surface area contributed by atoms with Crippen LogP contribution in [0.15, 0.2) is 40.9 Å². The summed E-state index contributed by atoms with van der Waals surface area (Å²) in [5.74, 6) is -0.160. The van der Waals surface area contributed by atoms with Crippen molar-refractivity contribution in [1.82, 2.24) is 0 Å². The molecule has 0 atom stereocenters. The van der Waals surface area contributed by atoms with E-state index in [9.17, 15) is 4.39 Å². The Hall–Kier alpha value is -1.88. The molecule has 0 unspecified atom stereocenters. The number of nitrogens with one attached hydrogen (secondary N) is 1. The van der Waals surface area contributed by atoms with Crippen molar-refractivity contribution in [3.8, 4) is 5.75 Å². The summed E-state index contributed by atoms with van der Waals surface area (Å²) in [6.45, 7) is 2.05. The zero-order chi connectivity index (χ0) is 14.7. The molecule has 0 radical (unpaired) electrons. The Balaban J connectivity index is 2.19. The van der Waals surface area contributed by atoms with E-state index < -0.39 is 5.82 Å². The van der Waals surface area contributed by atoms with Gasteiger partial charge in [-0.25, -0.2) is 4.39 Å². The van der Waals surface area contributed by atoms with Gasteiger partial charge in [0.25, 0.3) is 0 Å². The van der Waals surface area contributed by atoms with Crippen LogP contribution in [0.1, 0.15) is 16.7 Å². The second kappa shape index (κ2) is 6.05. The first-order valence-electron chi connectivity index (χ1n) is 6.00. The van der Waals surface area contributed by atoms with Gasteiger partial charge in [0.05, 0.1) is 10.0 Å². The predicted molar refractivity (Wildman–Crippen MR) is 80.6 cm³/mol.